The number of halogens is 1. The lowest BCUT2D eigenvalue weighted by molar-refractivity contribution is -0.157. The summed E-state index contributed by atoms with van der Waals surface area (Å²) in [5.74, 6) is -0.640. The van der Waals surface area contributed by atoms with Gasteiger partial charge in [0.15, 0.2) is 5.60 Å². The van der Waals surface area contributed by atoms with Gasteiger partial charge in [-0.05, 0) is 71.9 Å². The first-order chi connectivity index (χ1) is 32.8. The number of fused-ring (bicyclic) bond motifs is 3. The molecule has 0 aromatic heterocycles. The molecule has 8 rings (SSSR count). The number of piperidine rings is 1. The van der Waals surface area contributed by atoms with Crippen LogP contribution >= 0.6 is 11.6 Å². The zero-order valence-corrected chi connectivity index (χ0v) is 40.3. The molecule has 7 nitrogen and oxygen atoms in total. The number of likely N-dealkylation sites (N-methyl/N-ethyl adjacent to an activating group) is 1. The molecule has 2 fully saturated rings. The van der Waals surface area contributed by atoms with Crippen molar-refractivity contribution in [2.45, 2.75) is 139 Å². The molecule has 2 atom stereocenters. The van der Waals surface area contributed by atoms with Crippen molar-refractivity contribution in [1.29, 1.82) is 0 Å². The molecule has 2 aliphatic carbocycles. The third-order valence-electron chi connectivity index (χ3n) is 14.7. The van der Waals surface area contributed by atoms with E-state index in [1.54, 1.807) is 11.9 Å². The van der Waals surface area contributed by atoms with Crippen LogP contribution in [0.15, 0.2) is 127 Å². The summed E-state index contributed by atoms with van der Waals surface area (Å²) in [6.45, 7) is 1.21. The van der Waals surface area contributed by atoms with E-state index in [1.807, 2.05) is 78.9 Å². The fraction of sp³-hybridized carbons (Fsp3) is 0.441. The van der Waals surface area contributed by atoms with Crippen LogP contribution in [0.3, 0.4) is 0 Å². The van der Waals surface area contributed by atoms with Gasteiger partial charge >= 0.3 is 12.1 Å². The van der Waals surface area contributed by atoms with Gasteiger partial charge in [-0.15, -0.1) is 0 Å². The van der Waals surface area contributed by atoms with E-state index in [4.69, 9.17) is 21.1 Å². The van der Waals surface area contributed by atoms with E-state index in [-0.39, 0.29) is 24.9 Å². The third-order valence-corrected chi connectivity index (χ3v) is 15.1. The Balaban J connectivity index is 1.08. The van der Waals surface area contributed by atoms with Crippen molar-refractivity contribution in [3.8, 4) is 11.1 Å². The number of benzene rings is 5. The van der Waals surface area contributed by atoms with Gasteiger partial charge < -0.3 is 14.4 Å². The Bertz CT molecular complexity index is 2340. The van der Waals surface area contributed by atoms with Crippen molar-refractivity contribution in [2.75, 3.05) is 26.7 Å². The van der Waals surface area contributed by atoms with E-state index in [9.17, 15) is 9.59 Å². The van der Waals surface area contributed by atoms with Crippen molar-refractivity contribution in [1.82, 2.24) is 9.80 Å². The number of hydrogen-bond donors (Lipinski definition) is 0. The summed E-state index contributed by atoms with van der Waals surface area (Å²) in [6, 6.07) is 41.1. The molecule has 2 amide bonds. The second kappa shape index (κ2) is 23.6. The average Bonchev–Trinajstić information content (AvgIpc) is 3.68. The Labute approximate surface area is 404 Å². The van der Waals surface area contributed by atoms with Crippen LogP contribution in [-0.2, 0) is 24.7 Å². The standard InChI is InChI=1S/C59H69ClN2O5/c1-61(58(65)66-43-52-50-32-20-18-30-48(50)49-31-19-21-33-51(49)52)55(57(64)62-40-24-13-25-41-62)42-56(63)67-59(46-28-16-12-17-29-46,53-34-22-23-35-54(53)60)47-38-36-45(37-39-47)44-26-14-10-8-6-4-2-3-5-7-9-11-15-27-44/h12,16-23,28-39,44,52,55H,2-11,13-15,24-27,40-43H2,1H3/t55-,59?/m0/s1. The summed E-state index contributed by atoms with van der Waals surface area (Å²) in [5, 5.41) is 0.446. The number of carbonyl (C=O) groups is 3. The van der Waals surface area contributed by atoms with E-state index < -0.39 is 23.7 Å². The molecular weight excluding hydrogens is 852 g/mol. The molecule has 3 aliphatic rings. The quantitative estimate of drug-likeness (QED) is 0.0974. The van der Waals surface area contributed by atoms with Crippen molar-refractivity contribution in [3.05, 3.63) is 166 Å². The minimum atomic E-state index is -1.47. The Morgan fingerprint density at radius 1 is 0.612 bits per heavy atom. The first-order valence-electron chi connectivity index (χ1n) is 25.3. The maximum absolute atomic E-state index is 15.0. The second-order valence-corrected chi connectivity index (χ2v) is 19.6. The molecule has 5 aromatic carbocycles. The molecule has 1 aliphatic heterocycles. The summed E-state index contributed by atoms with van der Waals surface area (Å²) < 4.78 is 13.0. The highest BCUT2D eigenvalue weighted by Crippen LogP contribution is 2.46. The molecule has 0 bridgehead atoms. The van der Waals surface area contributed by atoms with Gasteiger partial charge in [-0.25, -0.2) is 4.79 Å². The van der Waals surface area contributed by atoms with Crippen LogP contribution in [-0.4, -0.2) is 60.6 Å². The van der Waals surface area contributed by atoms with Gasteiger partial charge in [0.2, 0.25) is 5.91 Å². The van der Waals surface area contributed by atoms with E-state index in [0.717, 1.165) is 65.5 Å². The Kier molecular flexibility index (Phi) is 16.9. The molecule has 1 unspecified atom stereocenters. The summed E-state index contributed by atoms with van der Waals surface area (Å²) in [6.07, 6.45) is 19.7. The molecule has 67 heavy (non-hydrogen) atoms. The highest BCUT2D eigenvalue weighted by atomic mass is 35.5. The number of amides is 2. The number of nitrogens with zero attached hydrogens (tertiary/aromatic N) is 2. The van der Waals surface area contributed by atoms with Gasteiger partial charge in [-0.1, -0.05) is 210 Å². The van der Waals surface area contributed by atoms with E-state index in [2.05, 4.69) is 48.5 Å². The molecule has 0 spiro atoms. The SMILES string of the molecule is CN(C(=O)OCC1c2ccccc2-c2ccccc21)[C@@H](CC(=O)OC(c1ccccc1)(c1ccc(C2CCCCCCCCCCCCCC2)cc1)c1ccccc1Cl)C(=O)N1CCCCC1. The first-order valence-corrected chi connectivity index (χ1v) is 25.7. The van der Waals surface area contributed by atoms with Gasteiger partial charge in [-0.2, -0.15) is 0 Å². The lowest BCUT2D eigenvalue weighted by Gasteiger charge is -2.37. The van der Waals surface area contributed by atoms with Crippen LogP contribution in [0.25, 0.3) is 11.1 Å². The number of hydrogen-bond acceptors (Lipinski definition) is 5. The van der Waals surface area contributed by atoms with Gasteiger partial charge in [0, 0.05) is 47.8 Å². The minimum absolute atomic E-state index is 0.0900. The van der Waals surface area contributed by atoms with Crippen molar-refractivity contribution in [3.63, 3.8) is 0 Å². The van der Waals surface area contributed by atoms with E-state index in [0.29, 0.717) is 29.6 Å². The maximum Gasteiger partial charge on any atom is 0.410 e. The number of ether oxygens (including phenoxy) is 2. The molecule has 352 valence electrons. The largest absolute Gasteiger partial charge is 0.448 e. The molecule has 0 N–H and O–H groups in total. The van der Waals surface area contributed by atoms with Crippen LogP contribution in [0.5, 0.6) is 0 Å². The Morgan fingerprint density at radius 3 is 1.69 bits per heavy atom. The van der Waals surface area contributed by atoms with Crippen molar-refractivity contribution in [2.24, 2.45) is 0 Å². The summed E-state index contributed by atoms with van der Waals surface area (Å²) >= 11 is 7.14. The van der Waals surface area contributed by atoms with E-state index >= 15 is 4.79 Å². The van der Waals surface area contributed by atoms with Crippen molar-refractivity contribution < 1.29 is 23.9 Å². The number of esters is 1. The van der Waals surface area contributed by atoms with Crippen molar-refractivity contribution >= 4 is 29.6 Å². The zero-order valence-electron chi connectivity index (χ0n) is 39.5. The highest BCUT2D eigenvalue weighted by Gasteiger charge is 2.44. The van der Waals surface area contributed by atoms with Crippen LogP contribution in [0.4, 0.5) is 4.79 Å². The monoisotopic (exact) mass is 920 g/mol. The molecule has 1 saturated heterocycles. The Hall–Kier alpha value is -5.40. The average molecular weight is 922 g/mol. The number of likely N-dealkylation sites (tertiary alicyclic amines) is 1. The smallest absolute Gasteiger partial charge is 0.410 e. The molecule has 5 aromatic rings. The van der Waals surface area contributed by atoms with Gasteiger partial charge in [0.1, 0.15) is 12.6 Å². The summed E-state index contributed by atoms with van der Waals surface area (Å²) in [4.78, 5) is 46.9. The van der Waals surface area contributed by atoms with Crippen LogP contribution in [0.1, 0.15) is 161 Å². The summed E-state index contributed by atoms with van der Waals surface area (Å²) in [5.41, 5.74) is 6.36. The highest BCUT2D eigenvalue weighted by molar-refractivity contribution is 6.31. The summed E-state index contributed by atoms with van der Waals surface area (Å²) in [7, 11) is 1.56. The predicted octanol–water partition coefficient (Wildman–Crippen LogP) is 14.4. The zero-order chi connectivity index (χ0) is 46.4. The van der Waals surface area contributed by atoms with Gasteiger partial charge in [0.05, 0.1) is 6.42 Å². The fourth-order valence-corrected chi connectivity index (χ4v) is 11.3. The molecule has 0 radical (unpaired) electrons. The van der Waals surface area contributed by atoms with E-state index in [1.165, 1.54) is 87.5 Å². The number of carbonyl (C=O) groups excluding carboxylic acids is 3. The van der Waals surface area contributed by atoms with Gasteiger partial charge in [-0.3, -0.25) is 14.5 Å². The lowest BCUT2D eigenvalue weighted by atomic mass is 9.78. The maximum atomic E-state index is 15.0. The molecule has 8 heteroatoms. The molecule has 1 heterocycles. The molecule has 1 saturated carbocycles. The van der Waals surface area contributed by atoms with Crippen LogP contribution < -0.4 is 0 Å². The molecular formula is C59H69ClN2O5. The normalized spacial score (nSPS) is 18.0. The fourth-order valence-electron chi connectivity index (χ4n) is 11.0. The first kappa shape index (κ1) is 48.1. The predicted molar refractivity (Wildman–Crippen MR) is 269 cm³/mol. The lowest BCUT2D eigenvalue weighted by Crippen LogP contribution is -2.52. The second-order valence-electron chi connectivity index (χ2n) is 19.2. The van der Waals surface area contributed by atoms with Crippen LogP contribution in [0.2, 0.25) is 5.02 Å². The topological polar surface area (TPSA) is 76.1 Å². The third kappa shape index (κ3) is 11.5. The minimum Gasteiger partial charge on any atom is -0.448 e. The number of rotatable bonds is 11. The van der Waals surface area contributed by atoms with Gasteiger partial charge in [0.25, 0.3) is 0 Å². The Morgan fingerprint density at radius 2 is 1.10 bits per heavy atom. The van der Waals surface area contributed by atoms with Crippen LogP contribution in [0, 0.1) is 0 Å².